The molecule has 4 aromatic carbocycles. The number of hydrogen-bond donors (Lipinski definition) is 3. The molecule has 1 aromatic heterocycles. The molecule has 8 nitrogen and oxygen atoms in total. The molecule has 0 saturated carbocycles. The summed E-state index contributed by atoms with van der Waals surface area (Å²) >= 11 is 0. The Balaban J connectivity index is 1.10. The molecule has 1 aliphatic heterocycles. The summed E-state index contributed by atoms with van der Waals surface area (Å²) in [5.41, 5.74) is 6.35. The molecule has 0 atom stereocenters. The van der Waals surface area contributed by atoms with Crippen LogP contribution in [0, 0.1) is 0 Å². The SMILES string of the molecule is CC(=O)c1cccc(C(=O)Nc2cccc(NCc3ccc4c(/C=C/c5ccc6c(c5)OCO6)n[nH]c4c3)c2)c1. The van der Waals surface area contributed by atoms with E-state index in [9.17, 15) is 9.59 Å². The molecule has 198 valence electrons. The molecule has 0 bridgehead atoms. The molecule has 40 heavy (non-hydrogen) atoms. The van der Waals surface area contributed by atoms with Crippen molar-refractivity contribution in [1.82, 2.24) is 10.2 Å². The van der Waals surface area contributed by atoms with Crippen molar-refractivity contribution in [2.45, 2.75) is 13.5 Å². The lowest BCUT2D eigenvalue weighted by atomic mass is 10.1. The number of nitrogens with one attached hydrogen (secondary N) is 3. The van der Waals surface area contributed by atoms with Crippen LogP contribution in [0.2, 0.25) is 0 Å². The quantitative estimate of drug-likeness (QED) is 0.197. The number of ketones is 1. The van der Waals surface area contributed by atoms with Crippen molar-refractivity contribution in [3.8, 4) is 11.5 Å². The molecule has 8 heteroatoms. The molecule has 2 heterocycles. The first kappa shape index (κ1) is 24.9. The van der Waals surface area contributed by atoms with Crippen LogP contribution in [0.4, 0.5) is 11.4 Å². The van der Waals surface area contributed by atoms with Crippen LogP contribution in [-0.4, -0.2) is 28.7 Å². The Morgan fingerprint density at radius 2 is 1.70 bits per heavy atom. The maximum absolute atomic E-state index is 12.7. The van der Waals surface area contributed by atoms with Crippen molar-refractivity contribution in [2.75, 3.05) is 17.4 Å². The van der Waals surface area contributed by atoms with Gasteiger partial charge in [0.1, 0.15) is 0 Å². The van der Waals surface area contributed by atoms with Gasteiger partial charge in [0, 0.05) is 34.4 Å². The summed E-state index contributed by atoms with van der Waals surface area (Å²) in [5, 5.41) is 14.9. The fraction of sp³-hybridized carbons (Fsp3) is 0.0938. The van der Waals surface area contributed by atoms with Gasteiger partial charge in [0.05, 0.1) is 11.2 Å². The number of rotatable bonds is 8. The number of carbonyl (C=O) groups is 2. The van der Waals surface area contributed by atoms with E-state index in [0.29, 0.717) is 23.4 Å². The van der Waals surface area contributed by atoms with Crippen molar-refractivity contribution < 1.29 is 19.1 Å². The fourth-order valence-corrected chi connectivity index (χ4v) is 4.51. The Morgan fingerprint density at radius 1 is 0.875 bits per heavy atom. The van der Waals surface area contributed by atoms with Gasteiger partial charge >= 0.3 is 0 Å². The Labute approximate surface area is 230 Å². The minimum absolute atomic E-state index is 0.0805. The number of carbonyl (C=O) groups excluding carboxylic acids is 2. The van der Waals surface area contributed by atoms with E-state index in [-0.39, 0.29) is 18.5 Å². The van der Waals surface area contributed by atoms with Gasteiger partial charge in [0.2, 0.25) is 6.79 Å². The van der Waals surface area contributed by atoms with Gasteiger partial charge in [0.15, 0.2) is 17.3 Å². The predicted molar refractivity (Wildman–Crippen MR) is 156 cm³/mol. The average Bonchev–Trinajstić information content (AvgIpc) is 3.61. The zero-order valence-corrected chi connectivity index (χ0v) is 21.7. The van der Waals surface area contributed by atoms with Gasteiger partial charge in [-0.2, -0.15) is 5.10 Å². The third-order valence-electron chi connectivity index (χ3n) is 6.64. The molecular weight excluding hydrogens is 504 g/mol. The second-order valence-corrected chi connectivity index (χ2v) is 9.46. The third-order valence-corrected chi connectivity index (χ3v) is 6.64. The Hall–Kier alpha value is -5.37. The smallest absolute Gasteiger partial charge is 0.255 e. The number of Topliss-reactive ketones (excluding diaryl/α,β-unsaturated/α-hetero) is 1. The third kappa shape index (κ3) is 5.42. The van der Waals surface area contributed by atoms with Crippen molar-refractivity contribution in [2.24, 2.45) is 0 Å². The topological polar surface area (TPSA) is 105 Å². The van der Waals surface area contributed by atoms with Crippen molar-refractivity contribution in [3.05, 3.63) is 113 Å². The predicted octanol–water partition coefficient (Wildman–Crippen LogP) is 6.53. The van der Waals surface area contributed by atoms with Gasteiger partial charge in [0.25, 0.3) is 5.91 Å². The van der Waals surface area contributed by atoms with E-state index in [1.54, 1.807) is 24.3 Å². The van der Waals surface area contributed by atoms with E-state index < -0.39 is 0 Å². The molecule has 0 radical (unpaired) electrons. The standard InChI is InChI=1S/C32H26N4O4/c1-20(37)23-4-2-5-24(16-23)32(38)34-26-7-3-6-25(17-26)33-18-22-8-11-27-28(35-36-29(27)14-22)12-9-21-10-13-30-31(15-21)40-19-39-30/h2-17,33H,18-19H2,1H3,(H,34,38)(H,35,36)/b12-9+. The minimum atomic E-state index is -0.270. The highest BCUT2D eigenvalue weighted by atomic mass is 16.7. The second kappa shape index (κ2) is 10.8. The van der Waals surface area contributed by atoms with Crippen LogP contribution in [-0.2, 0) is 6.54 Å². The molecule has 1 aliphatic rings. The number of hydrogen-bond acceptors (Lipinski definition) is 6. The van der Waals surface area contributed by atoms with Crippen LogP contribution < -0.4 is 20.1 Å². The number of amides is 1. The Morgan fingerprint density at radius 3 is 2.60 bits per heavy atom. The highest BCUT2D eigenvalue weighted by Gasteiger charge is 2.13. The maximum atomic E-state index is 12.7. The first-order valence-electron chi connectivity index (χ1n) is 12.8. The normalized spacial score (nSPS) is 12.1. The minimum Gasteiger partial charge on any atom is -0.454 e. The molecule has 5 aromatic rings. The summed E-state index contributed by atoms with van der Waals surface area (Å²) in [4.78, 5) is 24.4. The highest BCUT2D eigenvalue weighted by molar-refractivity contribution is 6.06. The number of aromatic amines is 1. The summed E-state index contributed by atoms with van der Waals surface area (Å²) in [5.74, 6) is 1.16. The Kier molecular flexibility index (Phi) is 6.72. The second-order valence-electron chi connectivity index (χ2n) is 9.46. The molecule has 0 unspecified atom stereocenters. The highest BCUT2D eigenvalue weighted by Crippen LogP contribution is 2.33. The zero-order chi connectivity index (χ0) is 27.5. The van der Waals surface area contributed by atoms with Gasteiger partial charge < -0.3 is 20.1 Å². The van der Waals surface area contributed by atoms with Crippen LogP contribution in [0.1, 0.15) is 44.5 Å². The fourth-order valence-electron chi connectivity index (χ4n) is 4.51. The summed E-state index contributed by atoms with van der Waals surface area (Å²) in [6.07, 6.45) is 3.98. The van der Waals surface area contributed by atoms with Crippen LogP contribution in [0.5, 0.6) is 11.5 Å². The van der Waals surface area contributed by atoms with E-state index in [4.69, 9.17) is 9.47 Å². The number of nitrogens with zero attached hydrogens (tertiary/aromatic N) is 1. The summed E-state index contributed by atoms with van der Waals surface area (Å²) in [7, 11) is 0. The number of aromatic nitrogens is 2. The number of anilines is 2. The first-order valence-corrected chi connectivity index (χ1v) is 12.8. The zero-order valence-electron chi connectivity index (χ0n) is 21.7. The number of fused-ring (bicyclic) bond motifs is 2. The molecule has 6 rings (SSSR count). The Bertz CT molecular complexity index is 1770. The van der Waals surface area contributed by atoms with Crippen LogP contribution >= 0.6 is 0 Å². The van der Waals surface area contributed by atoms with Gasteiger partial charge in [-0.15, -0.1) is 0 Å². The molecule has 0 spiro atoms. The average molecular weight is 531 g/mol. The summed E-state index contributed by atoms with van der Waals surface area (Å²) in [6.45, 7) is 2.33. The molecule has 3 N–H and O–H groups in total. The monoisotopic (exact) mass is 530 g/mol. The lowest BCUT2D eigenvalue weighted by molar-refractivity contribution is 0.101. The van der Waals surface area contributed by atoms with Gasteiger partial charge in [-0.1, -0.05) is 42.5 Å². The van der Waals surface area contributed by atoms with E-state index in [1.165, 1.54) is 6.92 Å². The molecule has 1 amide bonds. The largest absolute Gasteiger partial charge is 0.454 e. The number of H-pyrrole nitrogens is 1. The van der Waals surface area contributed by atoms with Crippen molar-refractivity contribution >= 4 is 46.1 Å². The number of benzene rings is 4. The van der Waals surface area contributed by atoms with Crippen molar-refractivity contribution in [3.63, 3.8) is 0 Å². The van der Waals surface area contributed by atoms with Crippen LogP contribution in [0.15, 0.2) is 84.9 Å². The van der Waals surface area contributed by atoms with E-state index in [0.717, 1.165) is 44.9 Å². The van der Waals surface area contributed by atoms with Crippen LogP contribution in [0.25, 0.3) is 23.1 Å². The van der Waals surface area contributed by atoms with E-state index in [2.05, 4.69) is 39.0 Å². The van der Waals surface area contributed by atoms with Crippen molar-refractivity contribution in [1.29, 1.82) is 0 Å². The van der Waals surface area contributed by atoms with Gasteiger partial charge in [-0.25, -0.2) is 0 Å². The lowest BCUT2D eigenvalue weighted by Gasteiger charge is -2.10. The maximum Gasteiger partial charge on any atom is 0.255 e. The molecular formula is C32H26N4O4. The van der Waals surface area contributed by atoms with Gasteiger partial charge in [-0.3, -0.25) is 14.7 Å². The summed E-state index contributed by atoms with van der Waals surface area (Å²) in [6, 6.07) is 26.2. The van der Waals surface area contributed by atoms with Crippen LogP contribution in [0.3, 0.4) is 0 Å². The first-order chi connectivity index (χ1) is 19.5. The lowest BCUT2D eigenvalue weighted by Crippen LogP contribution is -2.12. The van der Waals surface area contributed by atoms with Gasteiger partial charge in [-0.05, 0) is 72.7 Å². The number of ether oxygens (including phenoxy) is 2. The molecule has 0 aliphatic carbocycles. The van der Waals surface area contributed by atoms with E-state index >= 15 is 0 Å². The van der Waals surface area contributed by atoms with E-state index in [1.807, 2.05) is 54.6 Å². The summed E-state index contributed by atoms with van der Waals surface area (Å²) < 4.78 is 10.8. The molecule has 0 fully saturated rings. The molecule has 0 saturated heterocycles.